The lowest BCUT2D eigenvalue weighted by molar-refractivity contribution is 0.723. The smallest absolute Gasteiger partial charge is 0.0619 e. The highest BCUT2D eigenvalue weighted by atomic mass is 32.1. The van der Waals surface area contributed by atoms with Gasteiger partial charge in [0.2, 0.25) is 0 Å². The molecular weight excluding hydrogens is 807 g/mol. The Balaban J connectivity index is 1.18. The number of hydrogen-bond acceptors (Lipinski definition) is 3. The minimum Gasteiger partial charge on any atom is -0.310 e. The van der Waals surface area contributed by atoms with Gasteiger partial charge < -0.3 is 14.4 Å². The molecule has 1 aromatic heterocycles. The first-order chi connectivity index (χ1) is 32.2. The molecule has 0 fully saturated rings. The Hall–Kier alpha value is -7.53. The summed E-state index contributed by atoms with van der Waals surface area (Å²) in [5.74, 6) is 0.952. The number of aromatic nitrogens is 1. The Labute approximate surface area is 386 Å². The van der Waals surface area contributed by atoms with Crippen molar-refractivity contribution in [1.82, 2.24) is 4.57 Å². The van der Waals surface area contributed by atoms with E-state index in [-0.39, 0.29) is 0 Å². The number of aryl methyl sites for hydroxylation is 1. The molecule has 0 radical (unpaired) electrons. The Bertz CT molecular complexity index is 3130. The van der Waals surface area contributed by atoms with Crippen molar-refractivity contribution in [2.24, 2.45) is 0 Å². The van der Waals surface area contributed by atoms with E-state index in [0.29, 0.717) is 0 Å². The zero-order chi connectivity index (χ0) is 43.5. The minimum atomic E-state index is 0.952. The zero-order valence-corrected chi connectivity index (χ0v) is 37.2. The third kappa shape index (κ3) is 7.60. The van der Waals surface area contributed by atoms with Crippen molar-refractivity contribution in [1.29, 1.82) is 0 Å². The first kappa shape index (κ1) is 40.3. The van der Waals surface area contributed by atoms with Crippen molar-refractivity contribution in [2.45, 2.75) is 25.7 Å². The number of unbranched alkanes of at least 4 members (excludes halogenated alkanes) is 2. The summed E-state index contributed by atoms with van der Waals surface area (Å²) in [7, 11) is 0. The predicted octanol–water partition coefficient (Wildman–Crippen LogP) is 17.3. The van der Waals surface area contributed by atoms with E-state index in [1.54, 1.807) is 0 Å². The molecule has 0 amide bonds. The summed E-state index contributed by atoms with van der Waals surface area (Å²) in [5, 5.41) is 7.27. The van der Waals surface area contributed by atoms with Gasteiger partial charge in [0.25, 0.3) is 0 Å². The molecule has 0 saturated carbocycles. The lowest BCUT2D eigenvalue weighted by Gasteiger charge is -2.26. The summed E-state index contributed by atoms with van der Waals surface area (Å²) in [6.45, 7) is 0. The topological polar surface area (TPSA) is 11.4 Å². The van der Waals surface area contributed by atoms with Crippen LogP contribution in [0.4, 0.5) is 34.1 Å². The molecule has 0 aliphatic heterocycles. The maximum Gasteiger partial charge on any atom is 0.0619 e. The number of anilines is 6. The van der Waals surface area contributed by atoms with E-state index in [2.05, 4.69) is 258 Å². The number of thiol groups is 1. The van der Waals surface area contributed by atoms with E-state index in [9.17, 15) is 0 Å². The Morgan fingerprint density at radius 2 is 0.738 bits per heavy atom. The molecule has 0 atom stereocenters. The molecule has 0 saturated heterocycles. The molecular formula is C61H49N3S. The van der Waals surface area contributed by atoms with Crippen molar-refractivity contribution in [3.8, 4) is 16.8 Å². The summed E-state index contributed by atoms with van der Waals surface area (Å²) < 4.78 is 2.53. The third-order valence-corrected chi connectivity index (χ3v) is 13.1. The van der Waals surface area contributed by atoms with E-state index in [1.165, 1.54) is 74.0 Å². The van der Waals surface area contributed by atoms with Crippen molar-refractivity contribution in [2.75, 3.05) is 15.6 Å². The van der Waals surface area contributed by atoms with Gasteiger partial charge in [0.15, 0.2) is 0 Å². The molecule has 0 bridgehead atoms. The quantitative estimate of drug-likeness (QED) is 0.0704. The molecule has 0 N–H and O–H groups in total. The van der Waals surface area contributed by atoms with E-state index in [1.807, 2.05) is 0 Å². The van der Waals surface area contributed by atoms with Crippen LogP contribution in [0.15, 0.2) is 231 Å². The first-order valence-electron chi connectivity index (χ1n) is 22.8. The molecule has 0 unspecified atom stereocenters. The molecule has 11 rings (SSSR count). The van der Waals surface area contributed by atoms with Gasteiger partial charge in [-0.2, -0.15) is 12.6 Å². The Morgan fingerprint density at radius 3 is 1.15 bits per heavy atom. The lowest BCUT2D eigenvalue weighted by Crippen LogP contribution is -2.09. The van der Waals surface area contributed by atoms with Crippen LogP contribution in [0.2, 0.25) is 0 Å². The maximum absolute atomic E-state index is 4.42. The van der Waals surface area contributed by atoms with Crippen LogP contribution in [-0.2, 0) is 6.42 Å². The molecule has 65 heavy (non-hydrogen) atoms. The van der Waals surface area contributed by atoms with Crippen molar-refractivity contribution in [3.63, 3.8) is 0 Å². The number of hydrogen-bond donors (Lipinski definition) is 1. The van der Waals surface area contributed by atoms with Gasteiger partial charge in [-0.3, -0.25) is 0 Å². The summed E-state index contributed by atoms with van der Waals surface area (Å²) in [4.78, 5) is 4.72. The standard InChI is InChI=1S/C61H49N3S/c65-41-19-5-6-20-44-33-35-45(36-34-44)60-52-29-15-17-31-54(52)61(55-32-18-16-30-53(55)60)64-58-39-37-50(62(46-21-7-1-8-22-46)47-23-9-2-10-24-47)42-56(58)57-43-51(38-40-59(57)64)63(48-25-11-3-12-26-48)49-27-13-4-14-28-49/h1-4,7-18,21-40,42-43,65H,5-6,19-20,41H2. The normalized spacial score (nSPS) is 11.5. The Morgan fingerprint density at radius 1 is 0.338 bits per heavy atom. The van der Waals surface area contributed by atoms with Gasteiger partial charge >= 0.3 is 0 Å². The van der Waals surface area contributed by atoms with Gasteiger partial charge in [-0.25, -0.2) is 0 Å². The van der Waals surface area contributed by atoms with Gasteiger partial charge in [-0.15, -0.1) is 0 Å². The van der Waals surface area contributed by atoms with Gasteiger partial charge in [0, 0.05) is 55.7 Å². The predicted molar refractivity (Wildman–Crippen MR) is 282 cm³/mol. The minimum absolute atomic E-state index is 0.952. The SMILES string of the molecule is SCCCCCc1ccc(-c2c3ccccc3c(-n3c4ccc(N(c5ccccc5)c5ccccc5)cc4c4cc(N(c5ccccc5)c5ccccc5)ccc43)c3ccccc23)cc1. The highest BCUT2D eigenvalue weighted by molar-refractivity contribution is 7.80. The number of fused-ring (bicyclic) bond motifs is 5. The monoisotopic (exact) mass is 855 g/mol. The molecule has 0 spiro atoms. The van der Waals surface area contributed by atoms with Crippen LogP contribution in [0.3, 0.4) is 0 Å². The fraction of sp³-hybridized carbons (Fsp3) is 0.0820. The summed E-state index contributed by atoms with van der Waals surface area (Å²) in [6.07, 6.45) is 4.66. The van der Waals surface area contributed by atoms with Gasteiger partial charge in [-0.05, 0) is 137 Å². The van der Waals surface area contributed by atoms with E-state index >= 15 is 0 Å². The highest BCUT2D eigenvalue weighted by Crippen LogP contribution is 2.47. The average Bonchev–Trinajstić information content (AvgIpc) is 3.68. The van der Waals surface area contributed by atoms with Crippen LogP contribution in [-0.4, -0.2) is 10.3 Å². The fourth-order valence-electron chi connectivity index (χ4n) is 9.83. The van der Waals surface area contributed by atoms with Crippen LogP contribution in [0, 0.1) is 0 Å². The summed E-state index contributed by atoms with van der Waals surface area (Å²) >= 11 is 4.42. The largest absolute Gasteiger partial charge is 0.310 e. The molecule has 1 heterocycles. The molecule has 0 aliphatic carbocycles. The van der Waals surface area contributed by atoms with Gasteiger partial charge in [0.05, 0.1) is 16.7 Å². The van der Waals surface area contributed by atoms with Crippen molar-refractivity contribution >= 4 is 90.1 Å². The number of para-hydroxylation sites is 4. The van der Waals surface area contributed by atoms with Gasteiger partial charge in [-0.1, -0.05) is 152 Å². The first-order valence-corrected chi connectivity index (χ1v) is 23.4. The second-order valence-electron chi connectivity index (χ2n) is 16.8. The number of benzene rings is 10. The second kappa shape index (κ2) is 17.9. The molecule has 11 aromatic rings. The number of rotatable bonds is 13. The molecule has 0 aliphatic rings. The molecule has 3 nitrogen and oxygen atoms in total. The lowest BCUT2D eigenvalue weighted by atomic mass is 9.90. The van der Waals surface area contributed by atoms with Gasteiger partial charge in [0.1, 0.15) is 0 Å². The van der Waals surface area contributed by atoms with Crippen LogP contribution >= 0.6 is 12.6 Å². The van der Waals surface area contributed by atoms with Crippen LogP contribution < -0.4 is 9.80 Å². The van der Waals surface area contributed by atoms with E-state index < -0.39 is 0 Å². The molecule has 4 heteroatoms. The van der Waals surface area contributed by atoms with Crippen LogP contribution in [0.25, 0.3) is 60.2 Å². The average molecular weight is 856 g/mol. The van der Waals surface area contributed by atoms with Crippen LogP contribution in [0.1, 0.15) is 24.8 Å². The van der Waals surface area contributed by atoms with Crippen LogP contribution in [0.5, 0.6) is 0 Å². The van der Waals surface area contributed by atoms with E-state index in [0.717, 1.165) is 57.3 Å². The molecule has 10 aromatic carbocycles. The van der Waals surface area contributed by atoms with E-state index in [4.69, 9.17) is 0 Å². The summed E-state index contributed by atoms with van der Waals surface area (Å²) in [5.41, 5.74) is 14.0. The molecule has 314 valence electrons. The summed E-state index contributed by atoms with van der Waals surface area (Å²) in [6, 6.07) is 84.1. The third-order valence-electron chi connectivity index (χ3n) is 12.8. The Kier molecular flexibility index (Phi) is 11.1. The zero-order valence-electron chi connectivity index (χ0n) is 36.3. The fourth-order valence-corrected chi connectivity index (χ4v) is 10.1. The van der Waals surface area contributed by atoms with Crippen molar-refractivity contribution in [3.05, 3.63) is 236 Å². The number of nitrogens with zero attached hydrogens (tertiary/aromatic N) is 3. The maximum atomic E-state index is 4.42. The highest BCUT2D eigenvalue weighted by Gasteiger charge is 2.23. The van der Waals surface area contributed by atoms with Crippen molar-refractivity contribution < 1.29 is 0 Å². The second-order valence-corrected chi connectivity index (χ2v) is 17.2.